The zero-order chi connectivity index (χ0) is 10.3. The predicted octanol–water partition coefficient (Wildman–Crippen LogP) is 1.88. The minimum Gasteiger partial charge on any atom is -0.352 e. The lowest BCUT2D eigenvalue weighted by Crippen LogP contribution is -1.96. The number of hydrogen-bond donors (Lipinski definition) is 0. The number of rotatable bonds is 2. The molecule has 1 saturated heterocycles. The van der Waals surface area contributed by atoms with E-state index in [2.05, 4.69) is 15.9 Å². The van der Waals surface area contributed by atoms with Crippen molar-refractivity contribution in [3.63, 3.8) is 0 Å². The summed E-state index contributed by atoms with van der Waals surface area (Å²) in [5, 5.41) is 0.0755. The third kappa shape index (κ3) is 1.99. The summed E-state index contributed by atoms with van der Waals surface area (Å²) in [6, 6.07) is 6.77. The van der Waals surface area contributed by atoms with Crippen molar-refractivity contribution in [1.82, 2.24) is 0 Å². The molecule has 2 unspecified atom stereocenters. The molecule has 1 aromatic carbocycles. The summed E-state index contributed by atoms with van der Waals surface area (Å²) < 4.78 is 27.5. The fraction of sp³-hybridized carbons (Fsp3) is 0.333. The maximum Gasteiger partial charge on any atom is 0.175 e. The third-order valence-corrected chi connectivity index (χ3v) is 3.90. The van der Waals surface area contributed by atoms with Crippen LogP contribution in [0, 0.1) is 0 Å². The van der Waals surface area contributed by atoms with E-state index in [1.807, 2.05) is 0 Å². The second kappa shape index (κ2) is 3.32. The van der Waals surface area contributed by atoms with Gasteiger partial charge in [0, 0.05) is 6.26 Å². The Balaban J connectivity index is 2.27. The van der Waals surface area contributed by atoms with Crippen LogP contribution >= 0.6 is 15.9 Å². The topological polar surface area (TPSA) is 46.7 Å². The van der Waals surface area contributed by atoms with E-state index in [-0.39, 0.29) is 11.1 Å². The van der Waals surface area contributed by atoms with E-state index in [1.165, 1.54) is 6.26 Å². The molecule has 0 amide bonds. The van der Waals surface area contributed by atoms with Crippen molar-refractivity contribution < 1.29 is 13.2 Å². The van der Waals surface area contributed by atoms with Gasteiger partial charge in [-0.15, -0.1) is 0 Å². The average molecular weight is 277 g/mol. The zero-order valence-corrected chi connectivity index (χ0v) is 9.88. The van der Waals surface area contributed by atoms with Gasteiger partial charge in [-0.2, -0.15) is 0 Å². The van der Waals surface area contributed by atoms with Crippen molar-refractivity contribution in [2.45, 2.75) is 16.0 Å². The molecule has 1 aliphatic heterocycles. The summed E-state index contributed by atoms with van der Waals surface area (Å²) in [4.78, 5) is 0.341. The molecule has 0 aliphatic carbocycles. The molecule has 3 nitrogen and oxygen atoms in total. The maximum atomic E-state index is 11.2. The van der Waals surface area contributed by atoms with Gasteiger partial charge in [-0.05, 0) is 17.7 Å². The first-order valence-electron chi connectivity index (χ1n) is 4.08. The van der Waals surface area contributed by atoms with Gasteiger partial charge in [0.25, 0.3) is 0 Å². The lowest BCUT2D eigenvalue weighted by Gasteiger charge is -1.99. The van der Waals surface area contributed by atoms with Gasteiger partial charge in [-0.3, -0.25) is 0 Å². The Hall–Kier alpha value is -0.390. The number of hydrogen-bond acceptors (Lipinski definition) is 3. The third-order valence-electron chi connectivity index (χ3n) is 2.07. The second-order valence-electron chi connectivity index (χ2n) is 3.25. The Kier molecular flexibility index (Phi) is 2.41. The molecule has 14 heavy (non-hydrogen) atoms. The minimum atomic E-state index is -3.09. The number of benzene rings is 1. The minimum absolute atomic E-state index is 0.0728. The molecule has 1 aromatic rings. The monoisotopic (exact) mass is 276 g/mol. The van der Waals surface area contributed by atoms with Crippen LogP contribution in [0.4, 0.5) is 0 Å². The number of alkyl halides is 1. The number of ether oxygens (including phenoxy) is 1. The highest BCUT2D eigenvalue weighted by molar-refractivity contribution is 9.09. The Morgan fingerprint density at radius 3 is 2.14 bits per heavy atom. The number of epoxide rings is 1. The molecule has 76 valence electrons. The Morgan fingerprint density at radius 2 is 1.79 bits per heavy atom. The summed E-state index contributed by atoms with van der Waals surface area (Å²) in [5.74, 6) is 0. The average Bonchev–Trinajstić information content (AvgIpc) is 2.81. The Labute approximate surface area is 91.1 Å². The van der Waals surface area contributed by atoms with Crippen LogP contribution in [0.2, 0.25) is 0 Å². The largest absolute Gasteiger partial charge is 0.352 e. The highest BCUT2D eigenvalue weighted by Crippen LogP contribution is 2.42. The SMILES string of the molecule is CS(=O)(=O)c1ccc(C2OC2Br)cc1. The van der Waals surface area contributed by atoms with Crippen molar-refractivity contribution >= 4 is 25.8 Å². The van der Waals surface area contributed by atoms with Gasteiger partial charge in [0.1, 0.15) is 11.1 Å². The first-order valence-corrected chi connectivity index (χ1v) is 6.89. The molecule has 5 heteroatoms. The number of halogens is 1. The molecule has 0 saturated carbocycles. The fourth-order valence-corrected chi connectivity index (χ4v) is 2.40. The van der Waals surface area contributed by atoms with Crippen LogP contribution in [-0.4, -0.2) is 19.7 Å². The molecule has 1 fully saturated rings. The molecule has 0 aromatic heterocycles. The lowest BCUT2D eigenvalue weighted by molar-refractivity contribution is 0.408. The quantitative estimate of drug-likeness (QED) is 0.612. The Morgan fingerprint density at radius 1 is 1.29 bits per heavy atom. The number of sulfone groups is 1. The van der Waals surface area contributed by atoms with Crippen molar-refractivity contribution in [3.05, 3.63) is 29.8 Å². The van der Waals surface area contributed by atoms with Crippen LogP contribution in [0.5, 0.6) is 0 Å². The van der Waals surface area contributed by atoms with Crippen LogP contribution in [-0.2, 0) is 14.6 Å². The summed E-state index contributed by atoms with van der Waals surface area (Å²) in [5.41, 5.74) is 0.999. The van der Waals surface area contributed by atoms with Gasteiger partial charge >= 0.3 is 0 Å². The van der Waals surface area contributed by atoms with Crippen LogP contribution < -0.4 is 0 Å². The standard InChI is InChI=1S/C9H9BrO3S/c1-14(11,12)7-4-2-6(3-5-7)8-9(10)13-8/h2-5,8-9H,1H3. The lowest BCUT2D eigenvalue weighted by atomic mass is 10.2. The van der Waals surface area contributed by atoms with Gasteiger partial charge in [-0.1, -0.05) is 28.1 Å². The van der Waals surface area contributed by atoms with Gasteiger partial charge in [0.2, 0.25) is 0 Å². The van der Waals surface area contributed by atoms with Crippen LogP contribution in [0.1, 0.15) is 11.7 Å². The molecule has 1 heterocycles. The van der Waals surface area contributed by atoms with Gasteiger partial charge in [-0.25, -0.2) is 8.42 Å². The smallest absolute Gasteiger partial charge is 0.175 e. The normalized spacial score (nSPS) is 26.1. The van der Waals surface area contributed by atoms with E-state index >= 15 is 0 Å². The van der Waals surface area contributed by atoms with E-state index in [0.717, 1.165) is 5.56 Å². The van der Waals surface area contributed by atoms with E-state index in [1.54, 1.807) is 24.3 Å². The summed E-state index contributed by atoms with van der Waals surface area (Å²) in [6.45, 7) is 0. The molecule has 0 spiro atoms. The molecule has 1 aliphatic rings. The highest BCUT2D eigenvalue weighted by atomic mass is 79.9. The van der Waals surface area contributed by atoms with Gasteiger partial charge in [0.15, 0.2) is 9.84 Å². The van der Waals surface area contributed by atoms with Crippen molar-refractivity contribution in [3.8, 4) is 0 Å². The molecular weight excluding hydrogens is 268 g/mol. The zero-order valence-electron chi connectivity index (χ0n) is 7.48. The molecular formula is C9H9BrO3S. The maximum absolute atomic E-state index is 11.2. The van der Waals surface area contributed by atoms with E-state index in [9.17, 15) is 8.42 Å². The van der Waals surface area contributed by atoms with E-state index in [4.69, 9.17) is 4.74 Å². The Bertz CT molecular complexity index is 438. The van der Waals surface area contributed by atoms with Gasteiger partial charge < -0.3 is 4.74 Å². The molecule has 2 atom stereocenters. The van der Waals surface area contributed by atoms with Crippen molar-refractivity contribution in [2.75, 3.05) is 6.26 Å². The van der Waals surface area contributed by atoms with Gasteiger partial charge in [0.05, 0.1) is 4.90 Å². The van der Waals surface area contributed by atoms with Crippen LogP contribution in [0.15, 0.2) is 29.2 Å². The first kappa shape index (κ1) is 10.1. The summed E-state index contributed by atoms with van der Waals surface area (Å²) >= 11 is 3.30. The second-order valence-corrected chi connectivity index (χ2v) is 6.17. The van der Waals surface area contributed by atoms with Crippen LogP contribution in [0.3, 0.4) is 0 Å². The van der Waals surface area contributed by atoms with Crippen LogP contribution in [0.25, 0.3) is 0 Å². The summed E-state index contributed by atoms with van der Waals surface area (Å²) in [6.07, 6.45) is 1.27. The molecule has 0 radical (unpaired) electrons. The van der Waals surface area contributed by atoms with Crippen molar-refractivity contribution in [1.29, 1.82) is 0 Å². The molecule has 0 bridgehead atoms. The predicted molar refractivity (Wildman–Crippen MR) is 56.1 cm³/mol. The van der Waals surface area contributed by atoms with E-state index in [0.29, 0.717) is 4.90 Å². The molecule has 0 N–H and O–H groups in total. The fourth-order valence-electron chi connectivity index (χ4n) is 1.23. The highest BCUT2D eigenvalue weighted by Gasteiger charge is 2.37. The molecule has 2 rings (SSSR count). The van der Waals surface area contributed by atoms with E-state index < -0.39 is 9.84 Å². The first-order chi connectivity index (χ1) is 6.48. The van der Waals surface area contributed by atoms with Crippen molar-refractivity contribution in [2.24, 2.45) is 0 Å². The summed E-state index contributed by atoms with van der Waals surface area (Å²) in [7, 11) is -3.09.